The van der Waals surface area contributed by atoms with Crippen molar-refractivity contribution in [1.29, 1.82) is 0 Å². The molecule has 0 heterocycles. The number of ether oxygens (including phenoxy) is 2. The van der Waals surface area contributed by atoms with Crippen LogP contribution in [0.25, 0.3) is 0 Å². The van der Waals surface area contributed by atoms with Crippen molar-refractivity contribution in [2.45, 2.75) is 6.10 Å². The predicted octanol–water partition coefficient (Wildman–Crippen LogP) is 0.972. The molecule has 0 aromatic heterocycles. The fourth-order valence-electron chi connectivity index (χ4n) is 1.13. The van der Waals surface area contributed by atoms with Crippen molar-refractivity contribution >= 4 is 21.8 Å². The Hall–Kier alpha value is -1.18. The van der Waals surface area contributed by atoms with Crippen LogP contribution < -0.4 is 16.0 Å². The highest BCUT2D eigenvalue weighted by Gasteiger charge is 2.20. The van der Waals surface area contributed by atoms with Gasteiger partial charge in [-0.05, 0) is 34.1 Å². The SMILES string of the molecule is COCC(Oc1ccc(F)cc1Br)C(=O)NN. The van der Waals surface area contributed by atoms with Gasteiger partial charge in [0.1, 0.15) is 11.6 Å². The van der Waals surface area contributed by atoms with Crippen LogP contribution in [0.15, 0.2) is 22.7 Å². The van der Waals surface area contributed by atoms with Crippen LogP contribution in [0.5, 0.6) is 5.75 Å². The van der Waals surface area contributed by atoms with E-state index in [2.05, 4.69) is 15.9 Å². The van der Waals surface area contributed by atoms with Gasteiger partial charge in [0.15, 0.2) is 0 Å². The summed E-state index contributed by atoms with van der Waals surface area (Å²) in [6.45, 7) is 0.0346. The van der Waals surface area contributed by atoms with Gasteiger partial charge in [-0.1, -0.05) is 0 Å². The van der Waals surface area contributed by atoms with Crippen LogP contribution in [0.2, 0.25) is 0 Å². The maximum atomic E-state index is 12.8. The van der Waals surface area contributed by atoms with Gasteiger partial charge in [-0.3, -0.25) is 10.2 Å². The molecule has 0 radical (unpaired) electrons. The van der Waals surface area contributed by atoms with Crippen molar-refractivity contribution in [2.75, 3.05) is 13.7 Å². The number of rotatable bonds is 5. The van der Waals surface area contributed by atoms with Crippen LogP contribution in [-0.2, 0) is 9.53 Å². The number of carbonyl (C=O) groups excluding carboxylic acids is 1. The predicted molar refractivity (Wildman–Crippen MR) is 62.7 cm³/mol. The lowest BCUT2D eigenvalue weighted by Gasteiger charge is -2.17. The molecule has 7 heteroatoms. The molecular weight excluding hydrogens is 295 g/mol. The van der Waals surface area contributed by atoms with Crippen molar-refractivity contribution < 1.29 is 18.7 Å². The average Bonchev–Trinajstić information content (AvgIpc) is 2.30. The lowest BCUT2D eigenvalue weighted by molar-refractivity contribution is -0.130. The summed E-state index contributed by atoms with van der Waals surface area (Å²) in [5.41, 5.74) is 1.97. The molecule has 94 valence electrons. The maximum absolute atomic E-state index is 12.8. The molecule has 0 bridgehead atoms. The Morgan fingerprint density at radius 1 is 1.65 bits per heavy atom. The molecule has 1 atom stereocenters. The minimum absolute atomic E-state index is 0.0346. The number of amides is 1. The summed E-state index contributed by atoms with van der Waals surface area (Å²) < 4.78 is 23.4. The number of carbonyl (C=O) groups is 1. The van der Waals surface area contributed by atoms with E-state index in [9.17, 15) is 9.18 Å². The molecule has 5 nitrogen and oxygen atoms in total. The first-order valence-electron chi connectivity index (χ1n) is 4.69. The van der Waals surface area contributed by atoms with Gasteiger partial charge >= 0.3 is 0 Å². The van der Waals surface area contributed by atoms with Gasteiger partial charge in [0, 0.05) is 7.11 Å². The quantitative estimate of drug-likeness (QED) is 0.483. The fourth-order valence-corrected chi connectivity index (χ4v) is 1.58. The molecule has 1 rings (SSSR count). The van der Waals surface area contributed by atoms with E-state index in [1.807, 2.05) is 5.43 Å². The maximum Gasteiger partial charge on any atom is 0.277 e. The smallest absolute Gasteiger partial charge is 0.277 e. The van der Waals surface area contributed by atoms with Crippen molar-refractivity contribution in [3.05, 3.63) is 28.5 Å². The highest BCUT2D eigenvalue weighted by atomic mass is 79.9. The van der Waals surface area contributed by atoms with Crippen LogP contribution in [0.4, 0.5) is 4.39 Å². The van der Waals surface area contributed by atoms with Gasteiger partial charge in [-0.15, -0.1) is 0 Å². The zero-order chi connectivity index (χ0) is 12.8. The Labute approximate surface area is 106 Å². The largest absolute Gasteiger partial charge is 0.477 e. The lowest BCUT2D eigenvalue weighted by atomic mass is 10.3. The standard InChI is InChI=1S/C10H12BrFN2O3/c1-16-5-9(10(15)14-13)17-8-3-2-6(12)4-7(8)11/h2-4,9H,5,13H2,1H3,(H,14,15). The molecule has 1 aromatic rings. The van der Waals surface area contributed by atoms with Crippen LogP contribution in [0.1, 0.15) is 0 Å². The second kappa shape index (κ2) is 6.53. The van der Waals surface area contributed by atoms with Crippen LogP contribution >= 0.6 is 15.9 Å². The molecule has 17 heavy (non-hydrogen) atoms. The first-order valence-corrected chi connectivity index (χ1v) is 5.49. The number of halogens is 2. The number of hydrazine groups is 1. The molecule has 0 spiro atoms. The molecule has 1 unspecified atom stereocenters. The second-order valence-corrected chi connectivity index (χ2v) is 4.00. The zero-order valence-corrected chi connectivity index (χ0v) is 10.7. The third-order valence-electron chi connectivity index (χ3n) is 1.92. The van der Waals surface area contributed by atoms with E-state index >= 15 is 0 Å². The van der Waals surface area contributed by atoms with Crippen molar-refractivity contribution in [3.63, 3.8) is 0 Å². The Kier molecular flexibility index (Phi) is 5.33. The van der Waals surface area contributed by atoms with E-state index in [0.717, 1.165) is 0 Å². The van der Waals surface area contributed by atoms with Crippen LogP contribution in [0.3, 0.4) is 0 Å². The third-order valence-corrected chi connectivity index (χ3v) is 2.54. The first-order chi connectivity index (χ1) is 8.08. The van der Waals surface area contributed by atoms with Gasteiger partial charge in [-0.2, -0.15) is 0 Å². The highest BCUT2D eigenvalue weighted by molar-refractivity contribution is 9.10. The van der Waals surface area contributed by atoms with Gasteiger partial charge in [0.05, 0.1) is 11.1 Å². The summed E-state index contributed by atoms with van der Waals surface area (Å²) >= 11 is 3.13. The monoisotopic (exact) mass is 306 g/mol. The second-order valence-electron chi connectivity index (χ2n) is 3.15. The molecule has 0 saturated carbocycles. The summed E-state index contributed by atoms with van der Waals surface area (Å²) in [6.07, 6.45) is -0.897. The molecule has 0 aliphatic carbocycles. The highest BCUT2D eigenvalue weighted by Crippen LogP contribution is 2.26. The Bertz CT molecular complexity index is 403. The molecule has 0 saturated heterocycles. The van der Waals surface area contributed by atoms with Gasteiger partial charge in [0.2, 0.25) is 6.10 Å². The van der Waals surface area contributed by atoms with Gasteiger partial charge in [0.25, 0.3) is 5.91 Å². The molecule has 3 N–H and O–H groups in total. The summed E-state index contributed by atoms with van der Waals surface area (Å²) in [7, 11) is 1.43. The van der Waals surface area contributed by atoms with E-state index in [1.54, 1.807) is 0 Å². The summed E-state index contributed by atoms with van der Waals surface area (Å²) in [5.74, 6) is 4.41. The number of hydrogen-bond acceptors (Lipinski definition) is 4. The molecule has 0 fully saturated rings. The summed E-state index contributed by atoms with van der Waals surface area (Å²) in [6, 6.07) is 3.87. The Balaban J connectivity index is 2.82. The number of benzene rings is 1. The minimum Gasteiger partial charge on any atom is -0.477 e. The zero-order valence-electron chi connectivity index (χ0n) is 9.07. The molecule has 0 aliphatic rings. The molecule has 1 amide bonds. The van der Waals surface area contributed by atoms with E-state index in [1.165, 1.54) is 25.3 Å². The van der Waals surface area contributed by atoms with Crippen molar-refractivity contribution in [1.82, 2.24) is 5.43 Å². The lowest BCUT2D eigenvalue weighted by Crippen LogP contribution is -2.44. The minimum atomic E-state index is -0.897. The summed E-state index contributed by atoms with van der Waals surface area (Å²) in [5, 5.41) is 0. The van der Waals surface area contributed by atoms with E-state index < -0.39 is 17.8 Å². The number of methoxy groups -OCH3 is 1. The first kappa shape index (κ1) is 13.9. The Morgan fingerprint density at radius 2 is 2.35 bits per heavy atom. The molecular formula is C10H12BrFN2O3. The fraction of sp³-hybridized carbons (Fsp3) is 0.300. The number of hydrogen-bond donors (Lipinski definition) is 2. The molecule has 1 aromatic carbocycles. The van der Waals surface area contributed by atoms with E-state index in [-0.39, 0.29) is 6.61 Å². The topological polar surface area (TPSA) is 73.6 Å². The van der Waals surface area contributed by atoms with Crippen molar-refractivity contribution in [3.8, 4) is 5.75 Å². The van der Waals surface area contributed by atoms with Crippen LogP contribution in [0, 0.1) is 5.82 Å². The van der Waals surface area contributed by atoms with E-state index in [4.69, 9.17) is 15.3 Å². The van der Waals surface area contributed by atoms with Gasteiger partial charge in [-0.25, -0.2) is 10.2 Å². The van der Waals surface area contributed by atoms with Crippen LogP contribution in [-0.4, -0.2) is 25.7 Å². The average molecular weight is 307 g/mol. The van der Waals surface area contributed by atoms with Gasteiger partial charge < -0.3 is 9.47 Å². The summed E-state index contributed by atoms with van der Waals surface area (Å²) in [4.78, 5) is 11.4. The Morgan fingerprint density at radius 3 is 2.88 bits per heavy atom. The van der Waals surface area contributed by atoms with E-state index in [0.29, 0.717) is 10.2 Å². The number of nitrogens with two attached hydrogens (primary N) is 1. The molecule has 0 aliphatic heterocycles. The van der Waals surface area contributed by atoms with Crippen molar-refractivity contribution in [2.24, 2.45) is 5.84 Å². The number of nitrogens with one attached hydrogen (secondary N) is 1. The third kappa shape index (κ3) is 3.95. The normalized spacial score (nSPS) is 12.0.